The first kappa shape index (κ1) is 12.7. The molecular formula is C13H10ClN5OS. The van der Waals surface area contributed by atoms with E-state index in [2.05, 4.69) is 20.5 Å². The number of pyridine rings is 1. The minimum Gasteiger partial charge on any atom is -0.295 e. The van der Waals surface area contributed by atoms with Crippen molar-refractivity contribution in [2.24, 2.45) is 0 Å². The lowest BCUT2D eigenvalue weighted by atomic mass is 10.4. The Balaban J connectivity index is 1.64. The first-order valence-electron chi connectivity index (χ1n) is 6.50. The number of fused-ring (bicyclic) bond motifs is 1. The van der Waals surface area contributed by atoms with Gasteiger partial charge in [-0.15, -0.1) is 10.2 Å². The largest absolute Gasteiger partial charge is 0.295 e. The summed E-state index contributed by atoms with van der Waals surface area (Å²) in [5.74, 6) is 0.185. The Hall–Kier alpha value is -1.99. The molecule has 1 N–H and O–H groups in total. The van der Waals surface area contributed by atoms with Crippen molar-refractivity contribution in [2.45, 2.75) is 18.8 Å². The number of carbonyl (C=O) groups excluding carboxylic acids is 1. The number of hydrogen-bond acceptors (Lipinski definition) is 5. The number of nitrogens with one attached hydrogen (secondary N) is 1. The average Bonchev–Trinajstić information content (AvgIpc) is 3.12. The summed E-state index contributed by atoms with van der Waals surface area (Å²) < 4.78 is 1.65. The molecule has 1 saturated carbocycles. The van der Waals surface area contributed by atoms with Gasteiger partial charge in [-0.05, 0) is 25.0 Å². The minimum atomic E-state index is -0.336. The summed E-state index contributed by atoms with van der Waals surface area (Å²) in [4.78, 5) is 16.5. The summed E-state index contributed by atoms with van der Waals surface area (Å²) in [6.07, 6.45) is 4.06. The van der Waals surface area contributed by atoms with Crippen LogP contribution in [0.2, 0.25) is 5.15 Å². The standard InChI is InChI=1S/C13H10ClN5OS/c14-10-9(19-6-2-1-3-8(19)15-10)11(20)16-13-18-17-12(21-13)7-4-5-7/h1-3,6-7H,4-5H2,(H,16,18,20). The van der Waals surface area contributed by atoms with Crippen LogP contribution in [0.3, 0.4) is 0 Å². The topological polar surface area (TPSA) is 72.2 Å². The SMILES string of the molecule is O=C(Nc1nnc(C2CC2)s1)c1c(Cl)nc2ccccn12. The summed E-state index contributed by atoms with van der Waals surface area (Å²) in [5.41, 5.74) is 0.930. The molecule has 0 radical (unpaired) electrons. The molecule has 21 heavy (non-hydrogen) atoms. The van der Waals surface area contributed by atoms with Crippen molar-refractivity contribution in [3.63, 3.8) is 0 Å². The Morgan fingerprint density at radius 2 is 2.24 bits per heavy atom. The summed E-state index contributed by atoms with van der Waals surface area (Å²) in [6.45, 7) is 0. The molecule has 0 bridgehead atoms. The van der Waals surface area contributed by atoms with Gasteiger partial charge in [0.2, 0.25) is 5.13 Å². The molecule has 3 aromatic rings. The number of carbonyl (C=O) groups is 1. The Morgan fingerprint density at radius 1 is 1.38 bits per heavy atom. The van der Waals surface area contributed by atoms with E-state index >= 15 is 0 Å². The third-order valence-corrected chi connectivity index (χ3v) is 4.55. The summed E-state index contributed by atoms with van der Waals surface area (Å²) in [5, 5.41) is 12.5. The molecule has 0 aromatic carbocycles. The van der Waals surface area contributed by atoms with Gasteiger partial charge in [-0.25, -0.2) is 4.98 Å². The molecule has 0 unspecified atom stereocenters. The van der Waals surface area contributed by atoms with Gasteiger partial charge in [-0.1, -0.05) is 29.0 Å². The third kappa shape index (κ3) is 2.28. The van der Waals surface area contributed by atoms with Crippen molar-refractivity contribution < 1.29 is 4.79 Å². The van der Waals surface area contributed by atoms with Crippen LogP contribution in [-0.2, 0) is 0 Å². The fourth-order valence-electron chi connectivity index (χ4n) is 2.11. The van der Waals surface area contributed by atoms with Crippen molar-refractivity contribution in [3.05, 3.63) is 40.3 Å². The highest BCUT2D eigenvalue weighted by molar-refractivity contribution is 7.15. The van der Waals surface area contributed by atoms with Gasteiger partial charge in [0, 0.05) is 12.1 Å². The fourth-order valence-corrected chi connectivity index (χ4v) is 3.28. The van der Waals surface area contributed by atoms with Crippen LogP contribution < -0.4 is 5.32 Å². The van der Waals surface area contributed by atoms with Gasteiger partial charge in [0.15, 0.2) is 10.8 Å². The van der Waals surface area contributed by atoms with Crippen LogP contribution in [0.25, 0.3) is 5.65 Å². The molecule has 1 fully saturated rings. The van der Waals surface area contributed by atoms with Crippen LogP contribution in [-0.4, -0.2) is 25.5 Å². The van der Waals surface area contributed by atoms with Crippen LogP contribution in [0, 0.1) is 0 Å². The van der Waals surface area contributed by atoms with E-state index in [0.29, 0.717) is 22.4 Å². The number of amides is 1. The van der Waals surface area contributed by atoms with Crippen molar-refractivity contribution in [1.29, 1.82) is 0 Å². The Labute approximate surface area is 128 Å². The molecule has 3 heterocycles. The highest BCUT2D eigenvalue weighted by atomic mass is 35.5. The predicted molar refractivity (Wildman–Crippen MR) is 80.0 cm³/mol. The lowest BCUT2D eigenvalue weighted by Gasteiger charge is -2.01. The maximum atomic E-state index is 12.4. The van der Waals surface area contributed by atoms with Crippen molar-refractivity contribution in [3.8, 4) is 0 Å². The Bertz CT molecular complexity index is 838. The number of anilines is 1. The zero-order chi connectivity index (χ0) is 14.4. The second-order valence-electron chi connectivity index (χ2n) is 4.85. The monoisotopic (exact) mass is 319 g/mol. The first-order chi connectivity index (χ1) is 10.2. The van der Waals surface area contributed by atoms with Gasteiger partial charge in [0.25, 0.3) is 5.91 Å². The lowest BCUT2D eigenvalue weighted by molar-refractivity contribution is 0.102. The van der Waals surface area contributed by atoms with E-state index in [1.807, 2.05) is 12.1 Å². The lowest BCUT2D eigenvalue weighted by Crippen LogP contribution is -2.14. The second-order valence-corrected chi connectivity index (χ2v) is 6.22. The second kappa shape index (κ2) is 4.78. The van der Waals surface area contributed by atoms with Gasteiger partial charge in [0.05, 0.1) is 0 Å². The van der Waals surface area contributed by atoms with Gasteiger partial charge in [-0.2, -0.15) is 0 Å². The average molecular weight is 320 g/mol. The van der Waals surface area contributed by atoms with Gasteiger partial charge >= 0.3 is 0 Å². The van der Waals surface area contributed by atoms with Gasteiger partial charge in [-0.3, -0.25) is 14.5 Å². The highest BCUT2D eigenvalue weighted by Gasteiger charge is 2.28. The molecule has 3 aromatic heterocycles. The summed E-state index contributed by atoms with van der Waals surface area (Å²) in [6, 6.07) is 5.45. The minimum absolute atomic E-state index is 0.172. The number of rotatable bonds is 3. The Morgan fingerprint density at radius 3 is 3.05 bits per heavy atom. The van der Waals surface area contributed by atoms with E-state index in [4.69, 9.17) is 11.6 Å². The predicted octanol–water partition coefficient (Wildman–Crippen LogP) is 2.97. The number of nitrogens with zero attached hydrogens (tertiary/aromatic N) is 4. The first-order valence-corrected chi connectivity index (χ1v) is 7.69. The van der Waals surface area contributed by atoms with E-state index in [1.165, 1.54) is 11.3 Å². The smallest absolute Gasteiger partial charge is 0.277 e. The number of hydrogen-bond donors (Lipinski definition) is 1. The van der Waals surface area contributed by atoms with E-state index in [-0.39, 0.29) is 11.1 Å². The van der Waals surface area contributed by atoms with Crippen LogP contribution in [0.15, 0.2) is 24.4 Å². The van der Waals surface area contributed by atoms with Crippen molar-refractivity contribution >= 4 is 39.6 Å². The van der Waals surface area contributed by atoms with Crippen LogP contribution in [0.5, 0.6) is 0 Å². The molecule has 1 aliphatic carbocycles. The molecule has 0 saturated heterocycles. The zero-order valence-corrected chi connectivity index (χ0v) is 12.4. The van der Waals surface area contributed by atoms with Crippen LogP contribution in [0.1, 0.15) is 34.3 Å². The molecule has 1 amide bonds. The van der Waals surface area contributed by atoms with E-state index < -0.39 is 0 Å². The van der Waals surface area contributed by atoms with Crippen molar-refractivity contribution in [2.75, 3.05) is 5.32 Å². The number of imidazole rings is 1. The van der Waals surface area contributed by atoms with Gasteiger partial charge in [0.1, 0.15) is 10.7 Å². The molecular weight excluding hydrogens is 310 g/mol. The van der Waals surface area contributed by atoms with Crippen LogP contribution >= 0.6 is 22.9 Å². The fraction of sp³-hybridized carbons (Fsp3) is 0.231. The quantitative estimate of drug-likeness (QED) is 0.805. The Kier molecular flexibility index (Phi) is 2.90. The molecule has 0 atom stereocenters. The molecule has 6 nitrogen and oxygen atoms in total. The zero-order valence-electron chi connectivity index (χ0n) is 10.8. The molecule has 0 aliphatic heterocycles. The molecule has 1 aliphatic rings. The summed E-state index contributed by atoms with van der Waals surface area (Å²) in [7, 11) is 0. The number of halogens is 1. The summed E-state index contributed by atoms with van der Waals surface area (Å²) >= 11 is 7.48. The van der Waals surface area contributed by atoms with Gasteiger partial charge < -0.3 is 0 Å². The third-order valence-electron chi connectivity index (χ3n) is 3.29. The highest BCUT2D eigenvalue weighted by Crippen LogP contribution is 2.42. The maximum absolute atomic E-state index is 12.4. The van der Waals surface area contributed by atoms with E-state index in [1.54, 1.807) is 16.7 Å². The van der Waals surface area contributed by atoms with E-state index in [9.17, 15) is 4.79 Å². The maximum Gasteiger partial charge on any atom is 0.277 e. The van der Waals surface area contributed by atoms with E-state index in [0.717, 1.165) is 17.8 Å². The molecule has 106 valence electrons. The normalized spacial score (nSPS) is 14.5. The molecule has 4 rings (SSSR count). The van der Waals surface area contributed by atoms with Crippen LogP contribution in [0.4, 0.5) is 5.13 Å². The molecule has 8 heteroatoms. The van der Waals surface area contributed by atoms with Crippen molar-refractivity contribution in [1.82, 2.24) is 19.6 Å². The molecule has 0 spiro atoms. The number of aromatic nitrogens is 4.